The molecule has 1 heterocycles. The van der Waals surface area contributed by atoms with Crippen LogP contribution in [0.4, 0.5) is 5.82 Å². The first-order valence-electron chi connectivity index (χ1n) is 6.99. The number of methoxy groups -OCH3 is 1. The smallest absolute Gasteiger partial charge is 0.227 e. The number of aromatic nitrogens is 2. The molecule has 0 amide bonds. The summed E-state index contributed by atoms with van der Waals surface area (Å²) in [6.07, 6.45) is 0. The number of benzene rings is 1. The highest BCUT2D eigenvalue weighted by atomic mass is 16.5. The van der Waals surface area contributed by atoms with Crippen molar-refractivity contribution in [3.63, 3.8) is 0 Å². The van der Waals surface area contributed by atoms with Crippen molar-refractivity contribution < 1.29 is 9.47 Å². The third-order valence-electron chi connectivity index (χ3n) is 2.98. The van der Waals surface area contributed by atoms with E-state index in [2.05, 4.69) is 15.3 Å². The van der Waals surface area contributed by atoms with E-state index in [4.69, 9.17) is 9.47 Å². The van der Waals surface area contributed by atoms with Crippen LogP contribution in [0.2, 0.25) is 0 Å². The van der Waals surface area contributed by atoms with Crippen molar-refractivity contribution in [1.29, 1.82) is 0 Å². The minimum Gasteiger partial charge on any atom is -0.439 e. The van der Waals surface area contributed by atoms with Gasteiger partial charge in [-0.05, 0) is 38.5 Å². The zero-order valence-corrected chi connectivity index (χ0v) is 12.9. The van der Waals surface area contributed by atoms with E-state index < -0.39 is 0 Å². The summed E-state index contributed by atoms with van der Waals surface area (Å²) in [6, 6.07) is 7.80. The van der Waals surface area contributed by atoms with E-state index in [-0.39, 0.29) is 0 Å². The fraction of sp³-hybridized carbons (Fsp3) is 0.375. The maximum Gasteiger partial charge on any atom is 0.227 e. The first-order chi connectivity index (χ1) is 10.1. The van der Waals surface area contributed by atoms with Gasteiger partial charge >= 0.3 is 0 Å². The molecule has 2 aromatic rings. The summed E-state index contributed by atoms with van der Waals surface area (Å²) in [4.78, 5) is 8.77. The summed E-state index contributed by atoms with van der Waals surface area (Å²) < 4.78 is 11.1. The van der Waals surface area contributed by atoms with Gasteiger partial charge < -0.3 is 14.8 Å². The molecule has 0 fully saturated rings. The van der Waals surface area contributed by atoms with Gasteiger partial charge in [-0.3, -0.25) is 0 Å². The van der Waals surface area contributed by atoms with Crippen LogP contribution in [-0.4, -0.2) is 23.6 Å². The van der Waals surface area contributed by atoms with Crippen LogP contribution in [0.1, 0.15) is 23.9 Å². The van der Waals surface area contributed by atoms with Gasteiger partial charge in [-0.2, -0.15) is 4.98 Å². The number of hydrogen-bond donors (Lipinski definition) is 1. The van der Waals surface area contributed by atoms with Crippen LogP contribution in [0.3, 0.4) is 0 Å². The standard InChI is InChI=1S/C16H21N3O2/c1-5-17-15-11(2)16(19-12(3)18-15)21-14-8-6-7-13(9-14)10-20-4/h6-9H,5,10H2,1-4H3,(H,17,18,19). The molecule has 112 valence electrons. The van der Waals surface area contributed by atoms with Crippen molar-refractivity contribution in [1.82, 2.24) is 9.97 Å². The summed E-state index contributed by atoms with van der Waals surface area (Å²) in [5, 5.41) is 3.22. The Morgan fingerprint density at radius 2 is 2.00 bits per heavy atom. The fourth-order valence-corrected chi connectivity index (χ4v) is 2.02. The number of nitrogens with zero attached hydrogens (tertiary/aromatic N) is 2. The van der Waals surface area contributed by atoms with E-state index >= 15 is 0 Å². The van der Waals surface area contributed by atoms with Crippen LogP contribution in [0.15, 0.2) is 24.3 Å². The van der Waals surface area contributed by atoms with E-state index in [0.29, 0.717) is 18.3 Å². The molecule has 0 saturated carbocycles. The Bertz CT molecular complexity index is 614. The largest absolute Gasteiger partial charge is 0.439 e. The Balaban J connectivity index is 2.28. The lowest BCUT2D eigenvalue weighted by Crippen LogP contribution is -2.06. The minimum atomic E-state index is 0.557. The Morgan fingerprint density at radius 1 is 1.19 bits per heavy atom. The molecule has 0 bridgehead atoms. The lowest BCUT2D eigenvalue weighted by atomic mass is 10.2. The van der Waals surface area contributed by atoms with Gasteiger partial charge in [0, 0.05) is 13.7 Å². The van der Waals surface area contributed by atoms with Crippen LogP contribution in [0, 0.1) is 13.8 Å². The van der Waals surface area contributed by atoms with Crippen LogP contribution in [-0.2, 0) is 11.3 Å². The van der Waals surface area contributed by atoms with Gasteiger partial charge in [0.05, 0.1) is 12.2 Å². The first kappa shape index (κ1) is 15.3. The molecule has 21 heavy (non-hydrogen) atoms. The number of nitrogens with one attached hydrogen (secondary N) is 1. The fourth-order valence-electron chi connectivity index (χ4n) is 2.02. The summed E-state index contributed by atoms with van der Waals surface area (Å²) >= 11 is 0. The highest BCUT2D eigenvalue weighted by Crippen LogP contribution is 2.27. The van der Waals surface area contributed by atoms with Gasteiger partial charge in [-0.25, -0.2) is 4.98 Å². The van der Waals surface area contributed by atoms with E-state index in [0.717, 1.165) is 29.2 Å². The number of anilines is 1. The van der Waals surface area contributed by atoms with Gasteiger partial charge in [-0.15, -0.1) is 0 Å². The number of aryl methyl sites for hydroxylation is 1. The van der Waals surface area contributed by atoms with E-state index in [1.807, 2.05) is 45.0 Å². The van der Waals surface area contributed by atoms with Gasteiger partial charge in [0.1, 0.15) is 17.4 Å². The van der Waals surface area contributed by atoms with Crippen molar-refractivity contribution in [2.45, 2.75) is 27.4 Å². The third-order valence-corrected chi connectivity index (χ3v) is 2.98. The molecule has 0 atom stereocenters. The molecule has 1 aromatic heterocycles. The minimum absolute atomic E-state index is 0.557. The van der Waals surface area contributed by atoms with Crippen LogP contribution >= 0.6 is 0 Å². The average Bonchev–Trinajstić information content (AvgIpc) is 2.45. The second-order valence-electron chi connectivity index (χ2n) is 4.76. The van der Waals surface area contributed by atoms with Crippen molar-refractivity contribution >= 4 is 5.82 Å². The molecule has 0 radical (unpaired) electrons. The van der Waals surface area contributed by atoms with Crippen molar-refractivity contribution in [2.75, 3.05) is 19.0 Å². The molecule has 0 aliphatic rings. The lowest BCUT2D eigenvalue weighted by molar-refractivity contribution is 0.184. The molecule has 0 saturated heterocycles. The van der Waals surface area contributed by atoms with E-state index in [1.165, 1.54) is 0 Å². The number of hydrogen-bond acceptors (Lipinski definition) is 5. The van der Waals surface area contributed by atoms with E-state index in [1.54, 1.807) is 7.11 Å². The zero-order valence-electron chi connectivity index (χ0n) is 12.9. The maximum atomic E-state index is 5.92. The molecule has 0 unspecified atom stereocenters. The predicted octanol–water partition coefficient (Wildman–Crippen LogP) is 3.46. The van der Waals surface area contributed by atoms with Gasteiger partial charge in [0.2, 0.25) is 5.88 Å². The molecule has 5 nitrogen and oxygen atoms in total. The third kappa shape index (κ3) is 3.92. The summed E-state index contributed by atoms with van der Waals surface area (Å²) in [7, 11) is 1.67. The van der Waals surface area contributed by atoms with Crippen molar-refractivity contribution in [2.24, 2.45) is 0 Å². The van der Waals surface area contributed by atoms with Crippen LogP contribution in [0.5, 0.6) is 11.6 Å². The summed E-state index contributed by atoms with van der Waals surface area (Å²) in [5.74, 6) is 2.81. The average molecular weight is 287 g/mol. The highest BCUT2D eigenvalue weighted by Gasteiger charge is 2.11. The molecule has 0 aliphatic heterocycles. The molecular weight excluding hydrogens is 266 g/mol. The summed E-state index contributed by atoms with van der Waals surface area (Å²) in [6.45, 7) is 7.20. The predicted molar refractivity (Wildman–Crippen MR) is 82.9 cm³/mol. The monoisotopic (exact) mass is 287 g/mol. The molecule has 1 N–H and O–H groups in total. The Morgan fingerprint density at radius 3 is 2.71 bits per heavy atom. The molecular formula is C16H21N3O2. The molecule has 5 heteroatoms. The zero-order chi connectivity index (χ0) is 15.2. The van der Waals surface area contributed by atoms with Crippen LogP contribution < -0.4 is 10.1 Å². The first-order valence-corrected chi connectivity index (χ1v) is 6.99. The Hall–Kier alpha value is -2.14. The van der Waals surface area contributed by atoms with E-state index in [9.17, 15) is 0 Å². The van der Waals surface area contributed by atoms with Crippen molar-refractivity contribution in [3.05, 3.63) is 41.2 Å². The molecule has 0 spiro atoms. The van der Waals surface area contributed by atoms with Crippen LogP contribution in [0.25, 0.3) is 0 Å². The molecule has 1 aromatic carbocycles. The SMILES string of the molecule is CCNc1nc(C)nc(Oc2cccc(COC)c2)c1C. The summed E-state index contributed by atoms with van der Waals surface area (Å²) in [5.41, 5.74) is 1.96. The molecule has 0 aliphatic carbocycles. The van der Waals surface area contributed by atoms with Gasteiger partial charge in [-0.1, -0.05) is 12.1 Å². The Labute approximate surface area is 125 Å². The quantitative estimate of drug-likeness (QED) is 0.881. The molecule has 2 rings (SSSR count). The highest BCUT2D eigenvalue weighted by molar-refractivity contribution is 5.49. The van der Waals surface area contributed by atoms with Gasteiger partial charge in [0.15, 0.2) is 0 Å². The normalized spacial score (nSPS) is 10.5. The van der Waals surface area contributed by atoms with Crippen molar-refractivity contribution in [3.8, 4) is 11.6 Å². The second-order valence-corrected chi connectivity index (χ2v) is 4.76. The topological polar surface area (TPSA) is 56.3 Å². The maximum absolute atomic E-state index is 5.92. The lowest BCUT2D eigenvalue weighted by Gasteiger charge is -2.13. The second kappa shape index (κ2) is 7.04. The number of ether oxygens (including phenoxy) is 2. The number of rotatable bonds is 6. The van der Waals surface area contributed by atoms with Gasteiger partial charge in [0.25, 0.3) is 0 Å². The Kier molecular flexibility index (Phi) is 5.11.